The van der Waals surface area contributed by atoms with Gasteiger partial charge in [0, 0.05) is 24.3 Å². The first-order valence-corrected chi connectivity index (χ1v) is 12.6. The fraction of sp³-hybridized carbons (Fsp3) is 0.417. The Morgan fingerprint density at radius 1 is 1.00 bits per heavy atom. The van der Waals surface area contributed by atoms with E-state index in [1.807, 2.05) is 32.0 Å². The van der Waals surface area contributed by atoms with Gasteiger partial charge in [0.15, 0.2) is 0 Å². The van der Waals surface area contributed by atoms with Crippen LogP contribution < -0.4 is 16.2 Å². The summed E-state index contributed by atoms with van der Waals surface area (Å²) in [5, 5.41) is 3.03. The number of nitrogens with one attached hydrogen (secondary N) is 3. The Bertz CT molecular complexity index is 1110. The quantitative estimate of drug-likeness (QED) is 0.537. The summed E-state index contributed by atoms with van der Waals surface area (Å²) in [5.74, 6) is -1.02. The molecule has 2 amide bonds. The zero-order valence-corrected chi connectivity index (χ0v) is 20.2. The van der Waals surface area contributed by atoms with E-state index in [9.17, 15) is 18.0 Å². The summed E-state index contributed by atoms with van der Waals surface area (Å²) in [5.41, 5.74) is 7.83. The van der Waals surface area contributed by atoms with Crippen LogP contribution in [0.2, 0.25) is 0 Å². The zero-order chi connectivity index (χ0) is 24.0. The molecule has 8 nitrogen and oxygen atoms in total. The van der Waals surface area contributed by atoms with Gasteiger partial charge >= 0.3 is 0 Å². The van der Waals surface area contributed by atoms with Crippen molar-refractivity contribution in [3.05, 3.63) is 59.2 Å². The Hall–Kier alpha value is -2.91. The van der Waals surface area contributed by atoms with E-state index in [1.165, 1.54) is 28.6 Å². The van der Waals surface area contributed by atoms with E-state index >= 15 is 0 Å². The van der Waals surface area contributed by atoms with E-state index in [4.69, 9.17) is 0 Å². The number of anilines is 1. The highest BCUT2D eigenvalue weighted by Gasteiger charge is 2.29. The maximum Gasteiger partial charge on any atom is 0.269 e. The van der Waals surface area contributed by atoms with Crippen molar-refractivity contribution < 1.29 is 18.0 Å². The molecule has 0 unspecified atom stereocenters. The van der Waals surface area contributed by atoms with Gasteiger partial charge in [-0.1, -0.05) is 43.0 Å². The second kappa shape index (κ2) is 10.8. The Labute approximate surface area is 195 Å². The van der Waals surface area contributed by atoms with Crippen molar-refractivity contribution in [3.63, 3.8) is 0 Å². The van der Waals surface area contributed by atoms with Crippen LogP contribution in [-0.4, -0.2) is 44.2 Å². The number of amides is 2. The molecule has 3 rings (SSSR count). The number of benzene rings is 2. The van der Waals surface area contributed by atoms with Gasteiger partial charge in [0.25, 0.3) is 11.8 Å². The van der Waals surface area contributed by atoms with Gasteiger partial charge in [-0.05, 0) is 56.5 Å². The lowest BCUT2D eigenvalue weighted by atomic mass is 9.96. The minimum atomic E-state index is -3.72. The first kappa shape index (κ1) is 24.7. The lowest BCUT2D eigenvalue weighted by Crippen LogP contribution is -2.44. The van der Waals surface area contributed by atoms with E-state index in [0.29, 0.717) is 0 Å². The summed E-state index contributed by atoms with van der Waals surface area (Å²) in [4.78, 5) is 24.7. The molecule has 33 heavy (non-hydrogen) atoms. The number of nitrogens with zero attached hydrogens (tertiary/aromatic N) is 1. The molecule has 0 radical (unpaired) electrons. The summed E-state index contributed by atoms with van der Waals surface area (Å²) >= 11 is 0. The molecule has 3 N–H and O–H groups in total. The number of hydrazine groups is 1. The minimum absolute atomic E-state index is 0.0230. The van der Waals surface area contributed by atoms with Crippen molar-refractivity contribution in [2.24, 2.45) is 0 Å². The molecule has 2 aromatic rings. The summed E-state index contributed by atoms with van der Waals surface area (Å²) in [6.45, 7) is 3.92. The van der Waals surface area contributed by atoms with Gasteiger partial charge < -0.3 is 5.32 Å². The minimum Gasteiger partial charge on any atom is -0.376 e. The lowest BCUT2D eigenvalue weighted by Gasteiger charge is -2.30. The molecule has 1 aliphatic rings. The fourth-order valence-electron chi connectivity index (χ4n) is 4.04. The number of carbonyl (C=O) groups is 2. The Morgan fingerprint density at radius 2 is 1.73 bits per heavy atom. The second-order valence-corrected chi connectivity index (χ2v) is 10.5. The van der Waals surface area contributed by atoms with Crippen molar-refractivity contribution in [1.29, 1.82) is 0 Å². The summed E-state index contributed by atoms with van der Waals surface area (Å²) in [6, 6.07) is 11.7. The van der Waals surface area contributed by atoms with Crippen molar-refractivity contribution in [2.45, 2.75) is 56.9 Å². The van der Waals surface area contributed by atoms with E-state index in [2.05, 4.69) is 16.2 Å². The smallest absolute Gasteiger partial charge is 0.269 e. The Morgan fingerprint density at radius 3 is 2.42 bits per heavy atom. The Balaban J connectivity index is 1.58. The third-order valence-corrected chi connectivity index (χ3v) is 7.90. The molecule has 2 aromatic carbocycles. The van der Waals surface area contributed by atoms with Crippen molar-refractivity contribution in [3.8, 4) is 0 Å². The Kier molecular flexibility index (Phi) is 8.10. The van der Waals surface area contributed by atoms with E-state index in [1.54, 1.807) is 7.05 Å². The summed E-state index contributed by atoms with van der Waals surface area (Å²) in [6.07, 6.45) is 4.86. The van der Waals surface area contributed by atoms with Gasteiger partial charge in [0.1, 0.15) is 0 Å². The molecule has 0 aromatic heterocycles. The van der Waals surface area contributed by atoms with Crippen molar-refractivity contribution >= 4 is 27.5 Å². The van der Waals surface area contributed by atoms with Gasteiger partial charge in [-0.2, -0.15) is 4.31 Å². The fourth-order valence-corrected chi connectivity index (χ4v) is 5.50. The van der Waals surface area contributed by atoms with Gasteiger partial charge in [-0.25, -0.2) is 8.42 Å². The maximum absolute atomic E-state index is 13.1. The van der Waals surface area contributed by atoms with Gasteiger partial charge in [-0.15, -0.1) is 0 Å². The number of hydrogen-bond acceptors (Lipinski definition) is 5. The van der Waals surface area contributed by atoms with Crippen LogP contribution in [0, 0.1) is 13.8 Å². The van der Waals surface area contributed by atoms with Crippen LogP contribution in [0.5, 0.6) is 0 Å². The monoisotopic (exact) mass is 472 g/mol. The van der Waals surface area contributed by atoms with Gasteiger partial charge in [0.2, 0.25) is 10.0 Å². The molecule has 0 aliphatic heterocycles. The molecule has 1 saturated carbocycles. The van der Waals surface area contributed by atoms with Crippen LogP contribution in [0.25, 0.3) is 0 Å². The lowest BCUT2D eigenvalue weighted by molar-refractivity contribution is -0.120. The van der Waals surface area contributed by atoms with Crippen LogP contribution in [0.3, 0.4) is 0 Å². The van der Waals surface area contributed by atoms with E-state index in [-0.39, 0.29) is 23.0 Å². The third kappa shape index (κ3) is 6.33. The second-order valence-electron chi connectivity index (χ2n) is 8.52. The highest BCUT2D eigenvalue weighted by molar-refractivity contribution is 7.89. The van der Waals surface area contributed by atoms with E-state index < -0.39 is 21.8 Å². The third-order valence-electron chi connectivity index (χ3n) is 6.00. The molecular formula is C24H32N4O4S. The predicted octanol–water partition coefficient (Wildman–Crippen LogP) is 3.13. The molecule has 0 heterocycles. The highest BCUT2D eigenvalue weighted by Crippen LogP contribution is 2.26. The maximum atomic E-state index is 13.1. The summed E-state index contributed by atoms with van der Waals surface area (Å²) in [7, 11) is -2.12. The largest absolute Gasteiger partial charge is 0.376 e. The molecule has 1 fully saturated rings. The highest BCUT2D eigenvalue weighted by atomic mass is 32.2. The normalized spacial score (nSPS) is 14.7. The molecule has 0 bridgehead atoms. The predicted molar refractivity (Wildman–Crippen MR) is 128 cm³/mol. The molecular weight excluding hydrogens is 440 g/mol. The average molecular weight is 473 g/mol. The van der Waals surface area contributed by atoms with Crippen LogP contribution in [0.4, 0.5) is 5.69 Å². The molecule has 9 heteroatoms. The van der Waals surface area contributed by atoms with Gasteiger partial charge in [0.05, 0.1) is 11.4 Å². The van der Waals surface area contributed by atoms with Crippen molar-refractivity contribution in [2.75, 3.05) is 18.9 Å². The van der Waals surface area contributed by atoms with Crippen LogP contribution >= 0.6 is 0 Å². The topological polar surface area (TPSA) is 108 Å². The molecule has 178 valence electrons. The first-order valence-electron chi connectivity index (χ1n) is 11.2. The first-order chi connectivity index (χ1) is 15.7. The molecule has 1 aliphatic carbocycles. The SMILES string of the molecule is Cc1ccc(NCC(=O)NNC(=O)c2cccc(S(=O)(=O)N(C)C3CCCCC3)c2)c(C)c1. The van der Waals surface area contributed by atoms with Crippen LogP contribution in [-0.2, 0) is 14.8 Å². The zero-order valence-electron chi connectivity index (χ0n) is 19.3. The number of rotatable bonds is 7. The number of carbonyl (C=O) groups excluding carboxylic acids is 2. The summed E-state index contributed by atoms with van der Waals surface area (Å²) < 4.78 is 27.5. The van der Waals surface area contributed by atoms with E-state index in [0.717, 1.165) is 48.9 Å². The molecule has 0 atom stereocenters. The molecule has 0 saturated heterocycles. The number of aryl methyl sites for hydroxylation is 2. The number of hydrogen-bond donors (Lipinski definition) is 3. The average Bonchev–Trinajstić information content (AvgIpc) is 2.82. The van der Waals surface area contributed by atoms with Crippen LogP contribution in [0.1, 0.15) is 53.6 Å². The van der Waals surface area contributed by atoms with Crippen molar-refractivity contribution in [1.82, 2.24) is 15.2 Å². The molecule has 0 spiro atoms. The number of sulfonamides is 1. The standard InChI is InChI=1S/C24H32N4O4S/c1-17-12-13-22(18(2)14-17)25-16-23(29)26-27-24(30)19-8-7-11-21(15-19)33(31,32)28(3)20-9-5-4-6-10-20/h7-8,11-15,20,25H,4-6,9-10,16H2,1-3H3,(H,26,29)(H,27,30). The van der Waals surface area contributed by atoms with Gasteiger partial charge in [-0.3, -0.25) is 20.4 Å². The van der Waals surface area contributed by atoms with Crippen LogP contribution in [0.15, 0.2) is 47.4 Å².